The Morgan fingerprint density at radius 2 is 2.25 bits per heavy atom. The van der Waals surface area contributed by atoms with Crippen LogP contribution in [0, 0.1) is 5.82 Å². The standard InChI is InChI=1S/C12H14FN3/c1-14-6-11-7-15-16(9-11)8-10-3-2-4-12(13)5-10/h2-5,7,9,14H,6,8H2,1H3. The van der Waals surface area contributed by atoms with Gasteiger partial charge in [0.2, 0.25) is 0 Å². The molecule has 1 N–H and O–H groups in total. The number of hydrogen-bond donors (Lipinski definition) is 1. The monoisotopic (exact) mass is 219 g/mol. The Morgan fingerprint density at radius 3 is 3.00 bits per heavy atom. The van der Waals surface area contributed by atoms with E-state index in [0.717, 1.165) is 17.7 Å². The van der Waals surface area contributed by atoms with Gasteiger partial charge in [0.05, 0.1) is 12.7 Å². The molecule has 0 saturated carbocycles. The highest BCUT2D eigenvalue weighted by Crippen LogP contribution is 2.06. The second-order valence-corrected chi connectivity index (χ2v) is 3.71. The summed E-state index contributed by atoms with van der Waals surface area (Å²) in [4.78, 5) is 0. The minimum absolute atomic E-state index is 0.208. The van der Waals surface area contributed by atoms with Gasteiger partial charge in [-0.05, 0) is 24.7 Å². The molecule has 16 heavy (non-hydrogen) atoms. The minimum atomic E-state index is -0.208. The van der Waals surface area contributed by atoms with E-state index in [-0.39, 0.29) is 5.82 Å². The molecule has 1 aromatic heterocycles. The van der Waals surface area contributed by atoms with Gasteiger partial charge in [-0.3, -0.25) is 4.68 Å². The molecule has 2 rings (SSSR count). The van der Waals surface area contributed by atoms with Crippen LogP contribution >= 0.6 is 0 Å². The van der Waals surface area contributed by atoms with Crippen molar-refractivity contribution in [3.63, 3.8) is 0 Å². The average molecular weight is 219 g/mol. The van der Waals surface area contributed by atoms with Crippen LogP contribution in [0.1, 0.15) is 11.1 Å². The van der Waals surface area contributed by atoms with Gasteiger partial charge in [-0.2, -0.15) is 5.10 Å². The van der Waals surface area contributed by atoms with Crippen LogP contribution in [-0.4, -0.2) is 16.8 Å². The van der Waals surface area contributed by atoms with E-state index in [1.165, 1.54) is 12.1 Å². The van der Waals surface area contributed by atoms with Crippen LogP contribution in [0.15, 0.2) is 36.7 Å². The van der Waals surface area contributed by atoms with E-state index < -0.39 is 0 Å². The number of hydrogen-bond acceptors (Lipinski definition) is 2. The van der Waals surface area contributed by atoms with Gasteiger partial charge in [0.1, 0.15) is 5.82 Å². The fourth-order valence-electron chi connectivity index (χ4n) is 1.61. The van der Waals surface area contributed by atoms with Crippen molar-refractivity contribution in [2.75, 3.05) is 7.05 Å². The largest absolute Gasteiger partial charge is 0.316 e. The normalized spacial score (nSPS) is 10.6. The molecular formula is C12H14FN3. The summed E-state index contributed by atoms with van der Waals surface area (Å²) in [6.45, 7) is 1.39. The second kappa shape index (κ2) is 4.90. The first-order chi connectivity index (χ1) is 7.78. The third-order valence-electron chi connectivity index (χ3n) is 2.30. The van der Waals surface area contributed by atoms with Crippen LogP contribution in [0.25, 0.3) is 0 Å². The first kappa shape index (κ1) is 10.8. The fourth-order valence-corrected chi connectivity index (χ4v) is 1.61. The lowest BCUT2D eigenvalue weighted by molar-refractivity contribution is 0.619. The maximum absolute atomic E-state index is 13.0. The van der Waals surface area contributed by atoms with Gasteiger partial charge in [0.25, 0.3) is 0 Å². The second-order valence-electron chi connectivity index (χ2n) is 3.71. The van der Waals surface area contributed by atoms with Gasteiger partial charge in [0, 0.05) is 18.3 Å². The summed E-state index contributed by atoms with van der Waals surface area (Å²) in [7, 11) is 1.89. The zero-order valence-electron chi connectivity index (χ0n) is 9.15. The molecule has 0 bridgehead atoms. The highest BCUT2D eigenvalue weighted by Gasteiger charge is 1.99. The molecule has 1 heterocycles. The molecule has 0 amide bonds. The Balaban J connectivity index is 2.08. The van der Waals surface area contributed by atoms with Gasteiger partial charge in [-0.15, -0.1) is 0 Å². The first-order valence-electron chi connectivity index (χ1n) is 5.18. The van der Waals surface area contributed by atoms with E-state index in [1.807, 2.05) is 25.5 Å². The van der Waals surface area contributed by atoms with E-state index in [9.17, 15) is 4.39 Å². The van der Waals surface area contributed by atoms with Gasteiger partial charge in [-0.25, -0.2) is 4.39 Å². The topological polar surface area (TPSA) is 29.9 Å². The van der Waals surface area contributed by atoms with Crippen molar-refractivity contribution in [3.05, 3.63) is 53.6 Å². The molecule has 3 nitrogen and oxygen atoms in total. The van der Waals surface area contributed by atoms with E-state index in [1.54, 1.807) is 10.7 Å². The molecule has 0 spiro atoms. The Labute approximate surface area is 93.9 Å². The summed E-state index contributed by atoms with van der Waals surface area (Å²) in [6, 6.07) is 6.57. The summed E-state index contributed by atoms with van der Waals surface area (Å²) in [5, 5.41) is 7.27. The average Bonchev–Trinajstić information content (AvgIpc) is 2.66. The van der Waals surface area contributed by atoms with E-state index in [4.69, 9.17) is 0 Å². The molecule has 2 aromatic rings. The summed E-state index contributed by atoms with van der Waals surface area (Å²) >= 11 is 0. The maximum Gasteiger partial charge on any atom is 0.123 e. The number of benzene rings is 1. The third-order valence-corrected chi connectivity index (χ3v) is 2.30. The maximum atomic E-state index is 13.0. The van der Waals surface area contributed by atoms with Crippen LogP contribution in [0.2, 0.25) is 0 Å². The smallest absolute Gasteiger partial charge is 0.123 e. The van der Waals surface area contributed by atoms with Gasteiger partial charge >= 0.3 is 0 Å². The molecular weight excluding hydrogens is 205 g/mol. The molecule has 4 heteroatoms. The van der Waals surface area contributed by atoms with Crippen LogP contribution < -0.4 is 5.32 Å². The Kier molecular flexibility index (Phi) is 3.31. The lowest BCUT2D eigenvalue weighted by Crippen LogP contribution is -2.04. The van der Waals surface area contributed by atoms with E-state index in [2.05, 4.69) is 10.4 Å². The number of rotatable bonds is 4. The third kappa shape index (κ3) is 2.67. The van der Waals surface area contributed by atoms with Crippen LogP contribution in [0.4, 0.5) is 4.39 Å². The molecule has 0 unspecified atom stereocenters. The molecule has 0 aliphatic carbocycles. The van der Waals surface area contributed by atoms with Crippen molar-refractivity contribution in [2.24, 2.45) is 0 Å². The molecule has 0 aliphatic rings. The zero-order valence-corrected chi connectivity index (χ0v) is 9.15. The van der Waals surface area contributed by atoms with Crippen molar-refractivity contribution in [1.82, 2.24) is 15.1 Å². The molecule has 0 aliphatic heterocycles. The number of nitrogens with one attached hydrogen (secondary N) is 1. The molecule has 84 valence electrons. The lowest BCUT2D eigenvalue weighted by atomic mass is 10.2. The quantitative estimate of drug-likeness (QED) is 0.849. The lowest BCUT2D eigenvalue weighted by Gasteiger charge is -2.01. The number of nitrogens with zero attached hydrogens (tertiary/aromatic N) is 2. The zero-order chi connectivity index (χ0) is 11.4. The van der Waals surface area contributed by atoms with Crippen molar-refractivity contribution in [1.29, 1.82) is 0 Å². The Morgan fingerprint density at radius 1 is 1.38 bits per heavy atom. The fraction of sp³-hybridized carbons (Fsp3) is 0.250. The molecule has 1 aromatic carbocycles. The predicted octanol–water partition coefficient (Wildman–Crippen LogP) is 1.79. The molecule has 0 radical (unpaired) electrons. The van der Waals surface area contributed by atoms with Crippen molar-refractivity contribution in [3.8, 4) is 0 Å². The van der Waals surface area contributed by atoms with Crippen molar-refractivity contribution >= 4 is 0 Å². The van der Waals surface area contributed by atoms with Gasteiger partial charge in [0.15, 0.2) is 0 Å². The number of halogens is 1. The van der Waals surface area contributed by atoms with Crippen molar-refractivity contribution < 1.29 is 4.39 Å². The summed E-state index contributed by atoms with van der Waals surface area (Å²) in [6.07, 6.45) is 3.78. The van der Waals surface area contributed by atoms with Crippen LogP contribution in [0.3, 0.4) is 0 Å². The SMILES string of the molecule is CNCc1cnn(Cc2cccc(F)c2)c1. The van der Waals surface area contributed by atoms with Gasteiger partial charge in [-0.1, -0.05) is 12.1 Å². The summed E-state index contributed by atoms with van der Waals surface area (Å²) in [5.74, 6) is -0.208. The summed E-state index contributed by atoms with van der Waals surface area (Å²) in [5.41, 5.74) is 2.04. The molecule has 0 atom stereocenters. The highest BCUT2D eigenvalue weighted by atomic mass is 19.1. The predicted molar refractivity (Wildman–Crippen MR) is 60.5 cm³/mol. The first-order valence-corrected chi connectivity index (χ1v) is 5.18. The minimum Gasteiger partial charge on any atom is -0.316 e. The van der Waals surface area contributed by atoms with Crippen LogP contribution in [0.5, 0.6) is 0 Å². The number of aromatic nitrogens is 2. The Bertz CT molecular complexity index is 465. The van der Waals surface area contributed by atoms with Gasteiger partial charge < -0.3 is 5.32 Å². The van der Waals surface area contributed by atoms with Crippen LogP contribution in [-0.2, 0) is 13.1 Å². The van der Waals surface area contributed by atoms with E-state index >= 15 is 0 Å². The highest BCUT2D eigenvalue weighted by molar-refractivity contribution is 5.17. The molecule has 0 fully saturated rings. The van der Waals surface area contributed by atoms with Crippen molar-refractivity contribution in [2.45, 2.75) is 13.1 Å². The van der Waals surface area contributed by atoms with E-state index in [0.29, 0.717) is 6.54 Å². The Hall–Kier alpha value is -1.68. The molecule has 0 saturated heterocycles. The summed E-state index contributed by atoms with van der Waals surface area (Å²) < 4.78 is 14.8.